The number of hydrogen-bond acceptors (Lipinski definition) is 2. The van der Waals surface area contributed by atoms with Crippen LogP contribution < -0.4 is 0 Å². The Hall–Kier alpha value is -0.790. The van der Waals surface area contributed by atoms with Crippen LogP contribution in [0.1, 0.15) is 33.1 Å². The number of carbonyl (C=O) groups is 1. The molecule has 0 saturated carbocycles. The Kier molecular flexibility index (Phi) is 1.76. The molecule has 0 amide bonds. The molecule has 0 radical (unpaired) electrons. The van der Waals surface area contributed by atoms with Crippen molar-refractivity contribution in [3.8, 4) is 0 Å². The second-order valence-electron chi connectivity index (χ2n) is 4.42. The Labute approximate surface area is 79.0 Å². The van der Waals surface area contributed by atoms with Crippen LogP contribution in [0.3, 0.4) is 0 Å². The van der Waals surface area contributed by atoms with Gasteiger partial charge in [0.2, 0.25) is 0 Å². The highest BCUT2D eigenvalue weighted by atomic mass is 16.5. The molecule has 0 spiro atoms. The number of carbonyl (C=O) groups excluding carboxylic acids is 1. The van der Waals surface area contributed by atoms with Crippen molar-refractivity contribution in [1.29, 1.82) is 0 Å². The van der Waals surface area contributed by atoms with E-state index in [1.165, 1.54) is 0 Å². The summed E-state index contributed by atoms with van der Waals surface area (Å²) in [5.74, 6) is -0.00120. The molecule has 1 heterocycles. The van der Waals surface area contributed by atoms with Gasteiger partial charge in [-0.15, -0.1) is 0 Å². The maximum atomic E-state index is 11.6. The van der Waals surface area contributed by atoms with Crippen molar-refractivity contribution in [2.45, 2.75) is 33.1 Å². The molecule has 2 atom stereocenters. The maximum Gasteiger partial charge on any atom is 0.312 e. The summed E-state index contributed by atoms with van der Waals surface area (Å²) >= 11 is 0. The van der Waals surface area contributed by atoms with Crippen LogP contribution in [0.15, 0.2) is 12.2 Å². The van der Waals surface area contributed by atoms with Gasteiger partial charge in [-0.3, -0.25) is 4.79 Å². The standard InChI is InChI=1S/C11H16O2/c1-3-11-7-5-4-6-10(11,2)9(12)13-8-11/h4-5H,3,6-8H2,1-2H3. The normalized spacial score (nSPS) is 43.1. The van der Waals surface area contributed by atoms with E-state index >= 15 is 0 Å². The Morgan fingerprint density at radius 1 is 1.46 bits per heavy atom. The first-order valence-corrected chi connectivity index (χ1v) is 4.97. The molecule has 0 N–H and O–H groups in total. The van der Waals surface area contributed by atoms with Crippen LogP contribution in [0, 0.1) is 10.8 Å². The molecule has 2 unspecified atom stereocenters. The van der Waals surface area contributed by atoms with E-state index in [0.29, 0.717) is 6.61 Å². The molecule has 1 aliphatic heterocycles. The molecule has 0 bridgehead atoms. The third-order valence-electron chi connectivity index (χ3n) is 3.98. The lowest BCUT2D eigenvalue weighted by molar-refractivity contribution is -0.146. The van der Waals surface area contributed by atoms with E-state index in [4.69, 9.17) is 4.74 Å². The van der Waals surface area contributed by atoms with Crippen molar-refractivity contribution in [2.75, 3.05) is 6.61 Å². The number of allylic oxidation sites excluding steroid dienone is 2. The molecule has 0 aromatic carbocycles. The lowest BCUT2D eigenvalue weighted by atomic mass is 9.59. The number of esters is 1. The minimum Gasteiger partial charge on any atom is -0.465 e. The average Bonchev–Trinajstić information content (AvgIpc) is 2.41. The van der Waals surface area contributed by atoms with Gasteiger partial charge in [0.05, 0.1) is 12.0 Å². The van der Waals surface area contributed by atoms with Gasteiger partial charge in [0.25, 0.3) is 0 Å². The number of rotatable bonds is 1. The molecular weight excluding hydrogens is 164 g/mol. The molecule has 72 valence electrons. The molecule has 2 heteroatoms. The molecule has 2 nitrogen and oxygen atoms in total. The van der Waals surface area contributed by atoms with Gasteiger partial charge >= 0.3 is 5.97 Å². The summed E-state index contributed by atoms with van der Waals surface area (Å²) in [6.07, 6.45) is 7.17. The number of ether oxygens (including phenoxy) is 1. The van der Waals surface area contributed by atoms with Crippen molar-refractivity contribution in [1.82, 2.24) is 0 Å². The Balaban J connectivity index is 2.43. The average molecular weight is 180 g/mol. The van der Waals surface area contributed by atoms with Gasteiger partial charge in [0.1, 0.15) is 0 Å². The van der Waals surface area contributed by atoms with Gasteiger partial charge in [-0.2, -0.15) is 0 Å². The van der Waals surface area contributed by atoms with Crippen LogP contribution in [0.25, 0.3) is 0 Å². The Morgan fingerprint density at radius 2 is 2.15 bits per heavy atom. The van der Waals surface area contributed by atoms with E-state index < -0.39 is 0 Å². The van der Waals surface area contributed by atoms with Crippen LogP contribution in [0.2, 0.25) is 0 Å². The zero-order valence-corrected chi connectivity index (χ0v) is 8.30. The predicted molar refractivity (Wildman–Crippen MR) is 50.2 cm³/mol. The molecule has 2 aliphatic rings. The lowest BCUT2D eigenvalue weighted by Crippen LogP contribution is -2.41. The van der Waals surface area contributed by atoms with Gasteiger partial charge in [0, 0.05) is 5.41 Å². The van der Waals surface area contributed by atoms with Gasteiger partial charge in [0.15, 0.2) is 0 Å². The second kappa shape index (κ2) is 2.60. The highest BCUT2D eigenvalue weighted by Gasteiger charge is 2.58. The van der Waals surface area contributed by atoms with Crippen molar-refractivity contribution in [3.63, 3.8) is 0 Å². The fraction of sp³-hybridized carbons (Fsp3) is 0.727. The summed E-state index contributed by atoms with van der Waals surface area (Å²) in [7, 11) is 0. The number of fused-ring (bicyclic) bond motifs is 1. The Bertz CT molecular complexity index is 269. The van der Waals surface area contributed by atoms with Crippen LogP contribution >= 0.6 is 0 Å². The molecule has 1 aliphatic carbocycles. The van der Waals surface area contributed by atoms with E-state index in [9.17, 15) is 4.79 Å². The SMILES string of the molecule is CCC12CC=CCC1(C)C(=O)OC2. The minimum atomic E-state index is -0.253. The molecule has 1 saturated heterocycles. The summed E-state index contributed by atoms with van der Waals surface area (Å²) in [5.41, 5.74) is -0.171. The monoisotopic (exact) mass is 180 g/mol. The van der Waals surface area contributed by atoms with E-state index in [2.05, 4.69) is 26.0 Å². The first-order chi connectivity index (χ1) is 6.15. The van der Waals surface area contributed by atoms with E-state index in [1.54, 1.807) is 0 Å². The summed E-state index contributed by atoms with van der Waals surface area (Å²) < 4.78 is 5.22. The van der Waals surface area contributed by atoms with E-state index in [0.717, 1.165) is 19.3 Å². The van der Waals surface area contributed by atoms with Crippen molar-refractivity contribution in [2.24, 2.45) is 10.8 Å². The van der Waals surface area contributed by atoms with Crippen LogP contribution in [0.4, 0.5) is 0 Å². The highest BCUT2D eigenvalue weighted by Crippen LogP contribution is 2.55. The summed E-state index contributed by atoms with van der Waals surface area (Å²) in [5, 5.41) is 0. The van der Waals surface area contributed by atoms with Gasteiger partial charge in [-0.05, 0) is 26.2 Å². The first kappa shape index (κ1) is 8.79. The summed E-state index contributed by atoms with van der Waals surface area (Å²) in [6, 6.07) is 0. The van der Waals surface area contributed by atoms with Crippen molar-refractivity contribution >= 4 is 5.97 Å². The summed E-state index contributed by atoms with van der Waals surface area (Å²) in [4.78, 5) is 11.6. The topological polar surface area (TPSA) is 26.3 Å². The lowest BCUT2D eigenvalue weighted by Gasteiger charge is -2.40. The first-order valence-electron chi connectivity index (χ1n) is 4.97. The predicted octanol–water partition coefficient (Wildman–Crippen LogP) is 2.30. The Morgan fingerprint density at radius 3 is 2.77 bits per heavy atom. The van der Waals surface area contributed by atoms with Crippen LogP contribution in [0.5, 0.6) is 0 Å². The number of hydrogen-bond donors (Lipinski definition) is 0. The van der Waals surface area contributed by atoms with E-state index in [1.807, 2.05) is 0 Å². The second-order valence-corrected chi connectivity index (χ2v) is 4.42. The van der Waals surface area contributed by atoms with Crippen LogP contribution in [-0.4, -0.2) is 12.6 Å². The highest BCUT2D eigenvalue weighted by molar-refractivity contribution is 5.80. The third-order valence-corrected chi connectivity index (χ3v) is 3.98. The molecule has 2 rings (SSSR count). The largest absolute Gasteiger partial charge is 0.465 e. The van der Waals surface area contributed by atoms with Gasteiger partial charge in [-0.25, -0.2) is 0 Å². The fourth-order valence-corrected chi connectivity index (χ4v) is 2.59. The van der Waals surface area contributed by atoms with Crippen LogP contribution in [-0.2, 0) is 9.53 Å². The molecule has 0 aromatic heterocycles. The molecule has 0 aromatic rings. The summed E-state index contributed by atoms with van der Waals surface area (Å²) in [6.45, 7) is 4.82. The fourth-order valence-electron chi connectivity index (χ4n) is 2.59. The van der Waals surface area contributed by atoms with Gasteiger partial charge < -0.3 is 4.74 Å². The molecule has 13 heavy (non-hydrogen) atoms. The van der Waals surface area contributed by atoms with Crippen molar-refractivity contribution in [3.05, 3.63) is 12.2 Å². The number of cyclic esters (lactones) is 1. The minimum absolute atomic E-state index is 0.00120. The molecular formula is C11H16O2. The third kappa shape index (κ3) is 0.917. The zero-order valence-electron chi connectivity index (χ0n) is 8.30. The van der Waals surface area contributed by atoms with Gasteiger partial charge in [-0.1, -0.05) is 19.1 Å². The smallest absolute Gasteiger partial charge is 0.312 e. The van der Waals surface area contributed by atoms with E-state index in [-0.39, 0.29) is 16.8 Å². The quantitative estimate of drug-likeness (QED) is 0.457. The van der Waals surface area contributed by atoms with Crippen molar-refractivity contribution < 1.29 is 9.53 Å². The zero-order chi connectivity index (χ0) is 9.53. The maximum absolute atomic E-state index is 11.6. The molecule has 1 fully saturated rings.